The Kier molecular flexibility index (Phi) is 6.14. The third-order valence-corrected chi connectivity index (χ3v) is 4.71. The fraction of sp³-hybridized carbons (Fsp3) is 0.235. The van der Waals surface area contributed by atoms with Gasteiger partial charge in [0.05, 0.1) is 19.9 Å². The van der Waals surface area contributed by atoms with Crippen LogP contribution >= 0.6 is 0 Å². The van der Waals surface area contributed by atoms with Crippen molar-refractivity contribution in [1.29, 1.82) is 0 Å². The molecule has 0 aliphatic rings. The Morgan fingerprint density at radius 3 is 2.19 bits per heavy atom. The molecule has 0 atom stereocenters. The maximum atomic E-state index is 13.9. The van der Waals surface area contributed by atoms with Crippen molar-refractivity contribution in [3.63, 3.8) is 0 Å². The van der Waals surface area contributed by atoms with Crippen LogP contribution in [0, 0.1) is 11.6 Å². The lowest BCUT2D eigenvalue weighted by Crippen LogP contribution is -2.39. The highest BCUT2D eigenvalue weighted by molar-refractivity contribution is 7.92. The molecule has 26 heavy (non-hydrogen) atoms. The van der Waals surface area contributed by atoms with Gasteiger partial charge in [-0.15, -0.1) is 0 Å². The lowest BCUT2D eigenvalue weighted by molar-refractivity contribution is 0.0955. The van der Waals surface area contributed by atoms with Gasteiger partial charge in [0.25, 0.3) is 5.91 Å². The molecule has 0 bridgehead atoms. The zero-order chi connectivity index (χ0) is 19.3. The molecule has 0 aliphatic carbocycles. The van der Waals surface area contributed by atoms with Crippen molar-refractivity contribution in [2.75, 3.05) is 30.8 Å². The summed E-state index contributed by atoms with van der Waals surface area (Å²) in [5.41, 5.74) is -0.331. The number of ether oxygens (including phenoxy) is 1. The summed E-state index contributed by atoms with van der Waals surface area (Å²) < 4.78 is 57.2. The van der Waals surface area contributed by atoms with Crippen molar-refractivity contribution in [3.05, 3.63) is 59.7 Å². The minimum atomic E-state index is -3.95. The van der Waals surface area contributed by atoms with Crippen LogP contribution in [0.5, 0.6) is 5.75 Å². The third kappa shape index (κ3) is 4.69. The van der Waals surface area contributed by atoms with Crippen LogP contribution in [0.4, 0.5) is 14.5 Å². The Labute approximate surface area is 150 Å². The molecule has 0 aliphatic heterocycles. The summed E-state index contributed by atoms with van der Waals surface area (Å²) in [6.45, 7) is -0.454. The van der Waals surface area contributed by atoms with Crippen LogP contribution in [0.2, 0.25) is 0 Å². The minimum Gasteiger partial charge on any atom is -0.497 e. The van der Waals surface area contributed by atoms with E-state index in [4.69, 9.17) is 4.74 Å². The summed E-state index contributed by atoms with van der Waals surface area (Å²) in [5.74, 6) is -1.87. The van der Waals surface area contributed by atoms with Gasteiger partial charge in [0.15, 0.2) is 11.6 Å². The van der Waals surface area contributed by atoms with Gasteiger partial charge in [-0.3, -0.25) is 9.10 Å². The number of halogens is 2. The molecular formula is C17H18F2N2O4S. The second-order valence-corrected chi connectivity index (χ2v) is 7.30. The second kappa shape index (κ2) is 8.13. The van der Waals surface area contributed by atoms with Crippen molar-refractivity contribution in [2.24, 2.45) is 0 Å². The van der Waals surface area contributed by atoms with Crippen LogP contribution < -0.4 is 14.4 Å². The summed E-state index contributed by atoms with van der Waals surface area (Å²) in [6.07, 6.45) is 0.837. The molecule has 1 N–H and O–H groups in total. The predicted octanol–water partition coefficient (Wildman–Crippen LogP) is 2.17. The number of anilines is 1. The standard InChI is InChI=1S/C17H18F2N2O4S/c1-25-13-8-6-12(7-9-13)17(22)20-10-11-21(26(2,23)24)16-14(18)4-3-5-15(16)19/h3-9H,10-11H2,1-2H3,(H,20,22). The number of amides is 1. The first-order chi connectivity index (χ1) is 12.2. The zero-order valence-electron chi connectivity index (χ0n) is 14.2. The van der Waals surface area contributed by atoms with Gasteiger partial charge in [-0.1, -0.05) is 6.07 Å². The number of hydrogen-bond donors (Lipinski definition) is 1. The molecule has 0 radical (unpaired) electrons. The molecule has 0 saturated heterocycles. The highest BCUT2D eigenvalue weighted by Crippen LogP contribution is 2.25. The molecule has 2 aromatic rings. The summed E-state index contributed by atoms with van der Waals surface area (Å²) >= 11 is 0. The maximum absolute atomic E-state index is 13.9. The fourth-order valence-corrected chi connectivity index (χ4v) is 3.22. The van der Waals surface area contributed by atoms with Gasteiger partial charge in [-0.2, -0.15) is 0 Å². The molecule has 0 heterocycles. The summed E-state index contributed by atoms with van der Waals surface area (Å²) in [6, 6.07) is 9.36. The molecule has 1 amide bonds. The maximum Gasteiger partial charge on any atom is 0.251 e. The van der Waals surface area contributed by atoms with Crippen molar-refractivity contribution in [2.45, 2.75) is 0 Å². The zero-order valence-corrected chi connectivity index (χ0v) is 15.0. The monoisotopic (exact) mass is 384 g/mol. The number of hydrogen-bond acceptors (Lipinski definition) is 4. The van der Waals surface area contributed by atoms with Crippen LogP contribution in [-0.2, 0) is 10.0 Å². The minimum absolute atomic E-state index is 0.133. The van der Waals surface area contributed by atoms with Crippen LogP contribution in [0.15, 0.2) is 42.5 Å². The van der Waals surface area contributed by atoms with Gasteiger partial charge in [0.2, 0.25) is 10.0 Å². The summed E-state index contributed by atoms with van der Waals surface area (Å²) in [4.78, 5) is 12.1. The van der Waals surface area contributed by atoms with Gasteiger partial charge >= 0.3 is 0 Å². The number of nitrogens with zero attached hydrogens (tertiary/aromatic N) is 1. The predicted molar refractivity (Wildman–Crippen MR) is 93.9 cm³/mol. The number of nitrogens with one attached hydrogen (secondary N) is 1. The highest BCUT2D eigenvalue weighted by Gasteiger charge is 2.24. The Bertz CT molecular complexity index is 866. The number of carbonyl (C=O) groups is 1. The van der Waals surface area contributed by atoms with E-state index >= 15 is 0 Å². The van der Waals surface area contributed by atoms with Crippen LogP contribution in [0.25, 0.3) is 0 Å². The van der Waals surface area contributed by atoms with E-state index in [1.807, 2.05) is 0 Å². The van der Waals surface area contributed by atoms with E-state index in [1.165, 1.54) is 7.11 Å². The molecule has 140 valence electrons. The van der Waals surface area contributed by atoms with Gasteiger partial charge < -0.3 is 10.1 Å². The molecule has 6 nitrogen and oxygen atoms in total. The number of benzene rings is 2. The van der Waals surface area contributed by atoms with E-state index in [0.717, 1.165) is 24.5 Å². The first-order valence-corrected chi connectivity index (χ1v) is 9.43. The van der Waals surface area contributed by atoms with Gasteiger partial charge in [0, 0.05) is 12.1 Å². The largest absolute Gasteiger partial charge is 0.497 e. The van der Waals surface area contributed by atoms with E-state index in [-0.39, 0.29) is 13.1 Å². The first-order valence-electron chi connectivity index (χ1n) is 7.58. The van der Waals surface area contributed by atoms with Gasteiger partial charge in [0.1, 0.15) is 11.4 Å². The number of sulfonamides is 1. The molecule has 2 rings (SSSR count). The van der Waals surface area contributed by atoms with E-state index in [9.17, 15) is 22.0 Å². The van der Waals surface area contributed by atoms with E-state index in [2.05, 4.69) is 5.32 Å². The topological polar surface area (TPSA) is 75.7 Å². The average molecular weight is 384 g/mol. The van der Waals surface area contributed by atoms with Gasteiger partial charge in [-0.25, -0.2) is 17.2 Å². The molecule has 0 saturated carbocycles. The third-order valence-electron chi connectivity index (χ3n) is 3.54. The first kappa shape index (κ1) is 19.6. The van der Waals surface area contributed by atoms with Crippen LogP contribution in [0.1, 0.15) is 10.4 Å². The number of carbonyl (C=O) groups excluding carboxylic acids is 1. The van der Waals surface area contributed by atoms with Crippen LogP contribution in [0.3, 0.4) is 0 Å². The number of methoxy groups -OCH3 is 1. The van der Waals surface area contributed by atoms with Crippen molar-refractivity contribution in [1.82, 2.24) is 5.32 Å². The Morgan fingerprint density at radius 1 is 1.12 bits per heavy atom. The molecule has 2 aromatic carbocycles. The van der Waals surface area contributed by atoms with E-state index in [1.54, 1.807) is 24.3 Å². The van der Waals surface area contributed by atoms with Gasteiger partial charge in [-0.05, 0) is 36.4 Å². The van der Waals surface area contributed by atoms with Crippen molar-refractivity contribution in [3.8, 4) is 5.75 Å². The summed E-state index contributed by atoms with van der Waals surface area (Å²) in [5, 5.41) is 2.52. The number of para-hydroxylation sites is 1. The normalized spacial score (nSPS) is 11.1. The highest BCUT2D eigenvalue weighted by atomic mass is 32.2. The quantitative estimate of drug-likeness (QED) is 0.794. The molecule has 0 aromatic heterocycles. The lowest BCUT2D eigenvalue weighted by atomic mass is 10.2. The lowest BCUT2D eigenvalue weighted by Gasteiger charge is -2.23. The fourth-order valence-electron chi connectivity index (χ4n) is 2.29. The molecule has 0 unspecified atom stereocenters. The average Bonchev–Trinajstić information content (AvgIpc) is 2.59. The molecule has 0 spiro atoms. The number of rotatable bonds is 7. The molecule has 9 heteroatoms. The van der Waals surface area contributed by atoms with E-state index < -0.39 is 33.3 Å². The second-order valence-electron chi connectivity index (χ2n) is 5.39. The SMILES string of the molecule is COc1ccc(C(=O)NCCN(c2c(F)cccc2F)S(C)(=O)=O)cc1. The Morgan fingerprint density at radius 2 is 1.69 bits per heavy atom. The molecule has 0 fully saturated rings. The summed E-state index contributed by atoms with van der Waals surface area (Å²) in [7, 11) is -2.45. The Balaban J connectivity index is 2.10. The van der Waals surface area contributed by atoms with Crippen molar-refractivity contribution >= 4 is 21.6 Å². The van der Waals surface area contributed by atoms with E-state index in [0.29, 0.717) is 15.6 Å². The van der Waals surface area contributed by atoms with Crippen molar-refractivity contribution < 1.29 is 26.7 Å². The van der Waals surface area contributed by atoms with Crippen LogP contribution in [-0.4, -0.2) is 40.8 Å². The Hall–Kier alpha value is -2.68. The molecular weight excluding hydrogens is 366 g/mol. The smallest absolute Gasteiger partial charge is 0.251 e.